The Hall–Kier alpha value is -1.56. The molecular weight excluding hydrogens is 773 g/mol. The van der Waals surface area contributed by atoms with Crippen molar-refractivity contribution in [3.05, 3.63) is 12.2 Å². The van der Waals surface area contributed by atoms with Gasteiger partial charge in [-0.3, -0.25) is 9.59 Å². The van der Waals surface area contributed by atoms with Crippen molar-refractivity contribution in [2.24, 2.45) is 0 Å². The van der Waals surface area contributed by atoms with E-state index < -0.39 is 49.4 Å². The molecule has 1 rings (SSSR count). The summed E-state index contributed by atoms with van der Waals surface area (Å²) >= 11 is 0. The second kappa shape index (κ2) is 42.4. The van der Waals surface area contributed by atoms with Gasteiger partial charge < -0.3 is 39.4 Å². The standard InChI is InChI=1S/C51H96O10/c1-3-5-7-9-11-13-15-17-19-20-21-22-23-24-26-27-29-31-33-35-37-39-46(53)58-42-44(43-59-51-50(57)49(56)48(55)45(41-52)61-51)60-47(54)40-38-36-34-32-30-28-25-18-16-14-12-10-8-6-4-2/h14,16,44-45,48-52,55-57H,3-13,15,17-43H2,1-2H3/b16-14+/t44-,45-,48+,49?,50?,51-/m0/s1. The van der Waals surface area contributed by atoms with Gasteiger partial charge in [0.15, 0.2) is 12.4 Å². The number of unbranched alkanes of at least 4 members (excludes halogenated alkanes) is 31. The molecule has 1 saturated heterocycles. The molecule has 1 aliphatic heterocycles. The molecule has 10 nitrogen and oxygen atoms in total. The van der Waals surface area contributed by atoms with E-state index in [4.69, 9.17) is 18.9 Å². The molecule has 0 aliphatic carbocycles. The molecule has 0 aromatic carbocycles. The maximum absolute atomic E-state index is 12.8. The summed E-state index contributed by atoms with van der Waals surface area (Å²) in [6.07, 6.45) is 39.3. The minimum absolute atomic E-state index is 0.213. The van der Waals surface area contributed by atoms with Crippen molar-refractivity contribution in [2.45, 2.75) is 282 Å². The monoisotopic (exact) mass is 869 g/mol. The van der Waals surface area contributed by atoms with Crippen LogP contribution in [0.3, 0.4) is 0 Å². The first-order chi connectivity index (χ1) is 29.8. The van der Waals surface area contributed by atoms with Crippen molar-refractivity contribution >= 4 is 11.9 Å². The van der Waals surface area contributed by atoms with Crippen LogP contribution in [-0.4, -0.2) is 89.0 Å². The third-order valence-electron chi connectivity index (χ3n) is 12.2. The van der Waals surface area contributed by atoms with Crippen LogP contribution < -0.4 is 0 Å². The van der Waals surface area contributed by atoms with Gasteiger partial charge in [-0.1, -0.05) is 206 Å². The summed E-state index contributed by atoms with van der Waals surface area (Å²) in [4.78, 5) is 25.4. The van der Waals surface area contributed by atoms with Crippen molar-refractivity contribution in [1.82, 2.24) is 0 Å². The smallest absolute Gasteiger partial charge is 0.306 e. The first-order valence-electron chi connectivity index (χ1n) is 25.8. The second-order valence-corrected chi connectivity index (χ2v) is 18.0. The summed E-state index contributed by atoms with van der Waals surface area (Å²) in [5.74, 6) is -0.797. The molecule has 360 valence electrons. The molecular formula is C51H96O10. The number of allylic oxidation sites excluding steroid dienone is 2. The van der Waals surface area contributed by atoms with Gasteiger partial charge in [0.25, 0.3) is 0 Å². The zero-order valence-corrected chi connectivity index (χ0v) is 39.4. The van der Waals surface area contributed by atoms with E-state index in [9.17, 15) is 30.0 Å². The molecule has 10 heteroatoms. The van der Waals surface area contributed by atoms with Crippen LogP contribution in [-0.2, 0) is 28.5 Å². The molecule has 0 amide bonds. The van der Waals surface area contributed by atoms with Crippen molar-refractivity contribution in [3.8, 4) is 0 Å². The fraction of sp³-hybridized carbons (Fsp3) is 0.922. The van der Waals surface area contributed by atoms with Gasteiger partial charge in [0, 0.05) is 12.8 Å². The summed E-state index contributed by atoms with van der Waals surface area (Å²) in [6.45, 7) is 3.45. The first-order valence-corrected chi connectivity index (χ1v) is 25.8. The van der Waals surface area contributed by atoms with Crippen LogP contribution in [0.15, 0.2) is 12.2 Å². The van der Waals surface area contributed by atoms with Gasteiger partial charge in [-0.15, -0.1) is 0 Å². The number of ether oxygens (including phenoxy) is 4. The van der Waals surface area contributed by atoms with Crippen LogP contribution in [0.1, 0.15) is 245 Å². The summed E-state index contributed by atoms with van der Waals surface area (Å²) in [6, 6.07) is 0. The van der Waals surface area contributed by atoms with E-state index in [1.807, 2.05) is 0 Å². The fourth-order valence-corrected chi connectivity index (χ4v) is 8.07. The Morgan fingerprint density at radius 3 is 1.30 bits per heavy atom. The SMILES string of the molecule is CCCCCC/C=C/CCCCCCCCCC(=O)O[C@@H](COC(=O)CCCCCCCCCCCCCCCCCCCCCCC)CO[C@H]1O[C@@H](CO)[C@@H](O)C(O)C1O. The van der Waals surface area contributed by atoms with Crippen LogP contribution in [0.4, 0.5) is 0 Å². The summed E-state index contributed by atoms with van der Waals surface area (Å²) in [5.41, 5.74) is 0. The molecule has 1 aliphatic rings. The van der Waals surface area contributed by atoms with Crippen LogP contribution in [0.5, 0.6) is 0 Å². The Bertz CT molecular complexity index is 1010. The van der Waals surface area contributed by atoms with E-state index in [2.05, 4.69) is 26.0 Å². The predicted octanol–water partition coefficient (Wildman–Crippen LogP) is 11.9. The highest BCUT2D eigenvalue weighted by molar-refractivity contribution is 5.70. The van der Waals surface area contributed by atoms with Crippen LogP contribution in [0.25, 0.3) is 0 Å². The van der Waals surface area contributed by atoms with Crippen molar-refractivity contribution in [3.63, 3.8) is 0 Å². The number of carbonyl (C=O) groups excluding carboxylic acids is 2. The van der Waals surface area contributed by atoms with Gasteiger partial charge in [0.2, 0.25) is 0 Å². The molecule has 0 radical (unpaired) electrons. The van der Waals surface area contributed by atoms with E-state index in [-0.39, 0.29) is 32.0 Å². The Morgan fingerprint density at radius 2 is 0.869 bits per heavy atom. The van der Waals surface area contributed by atoms with Crippen LogP contribution in [0.2, 0.25) is 0 Å². The number of aliphatic hydroxyl groups is 4. The lowest BCUT2D eigenvalue weighted by Gasteiger charge is -2.39. The molecule has 61 heavy (non-hydrogen) atoms. The minimum Gasteiger partial charge on any atom is -0.462 e. The highest BCUT2D eigenvalue weighted by atomic mass is 16.7. The Kier molecular flexibility index (Phi) is 39.9. The van der Waals surface area contributed by atoms with Crippen molar-refractivity contribution in [1.29, 1.82) is 0 Å². The fourth-order valence-electron chi connectivity index (χ4n) is 8.07. The van der Waals surface area contributed by atoms with E-state index >= 15 is 0 Å². The van der Waals surface area contributed by atoms with Gasteiger partial charge >= 0.3 is 11.9 Å². The van der Waals surface area contributed by atoms with Crippen LogP contribution in [0, 0.1) is 0 Å². The first kappa shape index (κ1) is 57.5. The highest BCUT2D eigenvalue weighted by Gasteiger charge is 2.44. The molecule has 0 aromatic rings. The van der Waals surface area contributed by atoms with E-state index in [0.717, 1.165) is 44.9 Å². The molecule has 6 atom stereocenters. The van der Waals surface area contributed by atoms with Crippen LogP contribution >= 0.6 is 0 Å². The quantitative estimate of drug-likeness (QED) is 0.0264. The van der Waals surface area contributed by atoms with Crippen molar-refractivity contribution < 1.29 is 49.0 Å². The zero-order valence-electron chi connectivity index (χ0n) is 39.4. The second-order valence-electron chi connectivity index (χ2n) is 18.0. The molecule has 1 fully saturated rings. The predicted molar refractivity (Wildman–Crippen MR) is 247 cm³/mol. The maximum atomic E-state index is 12.8. The van der Waals surface area contributed by atoms with Gasteiger partial charge in [-0.05, 0) is 38.5 Å². The lowest BCUT2D eigenvalue weighted by atomic mass is 9.99. The number of hydrogen-bond donors (Lipinski definition) is 4. The Labute approximate surface area is 373 Å². The lowest BCUT2D eigenvalue weighted by Crippen LogP contribution is -2.59. The van der Waals surface area contributed by atoms with Gasteiger partial charge in [0.1, 0.15) is 31.0 Å². The van der Waals surface area contributed by atoms with Gasteiger partial charge in [-0.25, -0.2) is 0 Å². The molecule has 4 N–H and O–H groups in total. The third kappa shape index (κ3) is 33.6. The topological polar surface area (TPSA) is 152 Å². The van der Waals surface area contributed by atoms with Gasteiger partial charge in [-0.2, -0.15) is 0 Å². The largest absolute Gasteiger partial charge is 0.462 e. The number of aliphatic hydroxyl groups excluding tert-OH is 4. The zero-order chi connectivity index (χ0) is 44.4. The molecule has 1 heterocycles. The van der Waals surface area contributed by atoms with E-state index in [1.54, 1.807) is 0 Å². The summed E-state index contributed by atoms with van der Waals surface area (Å²) in [7, 11) is 0. The number of hydrogen-bond acceptors (Lipinski definition) is 10. The number of esters is 2. The normalized spacial score (nSPS) is 19.7. The number of rotatable bonds is 44. The molecule has 0 aromatic heterocycles. The average Bonchev–Trinajstić information content (AvgIpc) is 3.26. The molecule has 0 spiro atoms. The molecule has 2 unspecified atom stereocenters. The van der Waals surface area contributed by atoms with Gasteiger partial charge in [0.05, 0.1) is 13.2 Å². The average molecular weight is 869 g/mol. The highest BCUT2D eigenvalue weighted by Crippen LogP contribution is 2.23. The van der Waals surface area contributed by atoms with Crippen molar-refractivity contribution in [2.75, 3.05) is 19.8 Å². The molecule has 0 bridgehead atoms. The number of carbonyl (C=O) groups is 2. The van der Waals surface area contributed by atoms with E-state index in [1.165, 1.54) is 167 Å². The Morgan fingerprint density at radius 1 is 0.492 bits per heavy atom. The Balaban J connectivity index is 2.23. The maximum Gasteiger partial charge on any atom is 0.306 e. The third-order valence-corrected chi connectivity index (χ3v) is 12.2. The summed E-state index contributed by atoms with van der Waals surface area (Å²) < 4.78 is 22.2. The minimum atomic E-state index is -1.59. The molecule has 0 saturated carbocycles. The summed E-state index contributed by atoms with van der Waals surface area (Å²) in [5, 5.41) is 40.2. The van der Waals surface area contributed by atoms with E-state index in [0.29, 0.717) is 6.42 Å². The lowest BCUT2D eigenvalue weighted by molar-refractivity contribution is -0.305.